The van der Waals surface area contributed by atoms with Gasteiger partial charge in [-0.05, 0) is 19.8 Å². The Morgan fingerprint density at radius 3 is 2.67 bits per heavy atom. The van der Waals surface area contributed by atoms with Crippen LogP contribution in [0.5, 0.6) is 0 Å². The zero-order valence-corrected chi connectivity index (χ0v) is 17.2. The van der Waals surface area contributed by atoms with Crippen LogP contribution in [0.25, 0.3) is 0 Å². The van der Waals surface area contributed by atoms with Crippen molar-refractivity contribution in [3.63, 3.8) is 0 Å². The third kappa shape index (κ3) is 7.78. The van der Waals surface area contributed by atoms with Crippen LogP contribution in [0, 0.1) is 0 Å². The molecule has 1 fully saturated rings. The molecule has 24 heavy (non-hydrogen) atoms. The number of rotatable bonds is 7. The fourth-order valence-corrected chi connectivity index (χ4v) is 2.76. The zero-order chi connectivity index (χ0) is 16.3. The second kappa shape index (κ2) is 12.5. The SMILES string of the molecule is CCNC(=NCc1ncnn1C)NCCOC1CCCCCC1.I. The van der Waals surface area contributed by atoms with Crippen molar-refractivity contribution in [1.29, 1.82) is 0 Å². The fourth-order valence-electron chi connectivity index (χ4n) is 2.76. The largest absolute Gasteiger partial charge is 0.376 e. The van der Waals surface area contributed by atoms with Crippen LogP contribution in [-0.2, 0) is 18.3 Å². The summed E-state index contributed by atoms with van der Waals surface area (Å²) in [5.41, 5.74) is 0. The van der Waals surface area contributed by atoms with Crippen molar-refractivity contribution in [2.45, 2.75) is 58.1 Å². The summed E-state index contributed by atoms with van der Waals surface area (Å²) in [7, 11) is 1.87. The molecule has 0 bridgehead atoms. The van der Waals surface area contributed by atoms with Gasteiger partial charge in [-0.2, -0.15) is 5.10 Å². The number of aromatic nitrogens is 3. The fraction of sp³-hybridized carbons (Fsp3) is 0.812. The normalized spacial score (nSPS) is 16.3. The highest BCUT2D eigenvalue weighted by Crippen LogP contribution is 2.19. The smallest absolute Gasteiger partial charge is 0.191 e. The topological polar surface area (TPSA) is 76.4 Å². The average molecular weight is 450 g/mol. The Labute approximate surface area is 162 Å². The van der Waals surface area contributed by atoms with Crippen LogP contribution in [0.3, 0.4) is 0 Å². The van der Waals surface area contributed by atoms with E-state index in [4.69, 9.17) is 4.74 Å². The van der Waals surface area contributed by atoms with E-state index in [1.54, 1.807) is 11.0 Å². The monoisotopic (exact) mass is 450 g/mol. The quantitative estimate of drug-likeness (QED) is 0.219. The molecular formula is C16H31IN6O. The van der Waals surface area contributed by atoms with Gasteiger partial charge in [-0.1, -0.05) is 25.7 Å². The van der Waals surface area contributed by atoms with Gasteiger partial charge in [0.1, 0.15) is 18.7 Å². The van der Waals surface area contributed by atoms with E-state index >= 15 is 0 Å². The van der Waals surface area contributed by atoms with Gasteiger partial charge in [-0.25, -0.2) is 9.98 Å². The van der Waals surface area contributed by atoms with Crippen LogP contribution in [0.4, 0.5) is 0 Å². The molecule has 0 amide bonds. The van der Waals surface area contributed by atoms with Crippen molar-refractivity contribution in [1.82, 2.24) is 25.4 Å². The molecule has 0 spiro atoms. The second-order valence-electron chi connectivity index (χ2n) is 5.91. The lowest BCUT2D eigenvalue weighted by molar-refractivity contribution is 0.0468. The first-order valence-electron chi connectivity index (χ1n) is 8.76. The molecule has 1 aromatic heterocycles. The highest BCUT2D eigenvalue weighted by molar-refractivity contribution is 14.0. The van der Waals surface area contributed by atoms with E-state index in [0.717, 1.165) is 31.5 Å². The Balaban J connectivity index is 0.00000288. The number of aliphatic imine (C=N–C) groups is 1. The molecule has 0 radical (unpaired) electrons. The number of hydrogen-bond donors (Lipinski definition) is 2. The predicted molar refractivity (Wildman–Crippen MR) is 107 cm³/mol. The molecular weight excluding hydrogens is 419 g/mol. The molecule has 2 rings (SSSR count). The van der Waals surface area contributed by atoms with Crippen LogP contribution in [-0.4, -0.2) is 46.5 Å². The van der Waals surface area contributed by atoms with Gasteiger partial charge in [0.25, 0.3) is 0 Å². The molecule has 0 aliphatic heterocycles. The molecule has 7 nitrogen and oxygen atoms in total. The van der Waals surface area contributed by atoms with E-state index in [0.29, 0.717) is 12.6 Å². The summed E-state index contributed by atoms with van der Waals surface area (Å²) in [6.07, 6.45) is 9.73. The summed E-state index contributed by atoms with van der Waals surface area (Å²) < 4.78 is 7.73. The minimum absolute atomic E-state index is 0. The summed E-state index contributed by atoms with van der Waals surface area (Å²) in [4.78, 5) is 8.71. The molecule has 0 aromatic carbocycles. The minimum Gasteiger partial charge on any atom is -0.376 e. The van der Waals surface area contributed by atoms with Gasteiger partial charge in [0, 0.05) is 20.1 Å². The average Bonchev–Trinajstić information content (AvgIpc) is 2.80. The number of guanidine groups is 1. The van der Waals surface area contributed by atoms with Crippen LogP contribution in [0.2, 0.25) is 0 Å². The minimum atomic E-state index is 0. The summed E-state index contributed by atoms with van der Waals surface area (Å²) in [5, 5.41) is 10.6. The van der Waals surface area contributed by atoms with Gasteiger partial charge in [0.2, 0.25) is 0 Å². The van der Waals surface area contributed by atoms with Gasteiger partial charge in [-0.3, -0.25) is 4.68 Å². The molecule has 1 aliphatic carbocycles. The molecule has 0 saturated heterocycles. The Hall–Kier alpha value is -0.900. The molecule has 1 aromatic rings. The second-order valence-corrected chi connectivity index (χ2v) is 5.91. The molecule has 8 heteroatoms. The van der Waals surface area contributed by atoms with E-state index in [-0.39, 0.29) is 24.0 Å². The van der Waals surface area contributed by atoms with Crippen LogP contribution in [0.1, 0.15) is 51.3 Å². The van der Waals surface area contributed by atoms with Crippen LogP contribution >= 0.6 is 24.0 Å². The molecule has 138 valence electrons. The molecule has 1 heterocycles. The maximum Gasteiger partial charge on any atom is 0.191 e. The van der Waals surface area contributed by atoms with E-state index in [1.165, 1.54) is 38.5 Å². The van der Waals surface area contributed by atoms with Crippen molar-refractivity contribution in [3.8, 4) is 0 Å². The van der Waals surface area contributed by atoms with Crippen molar-refractivity contribution >= 4 is 29.9 Å². The van der Waals surface area contributed by atoms with Crippen molar-refractivity contribution < 1.29 is 4.74 Å². The lowest BCUT2D eigenvalue weighted by Crippen LogP contribution is -2.39. The maximum atomic E-state index is 5.99. The Kier molecular flexibility index (Phi) is 11.0. The summed E-state index contributed by atoms with van der Waals surface area (Å²) >= 11 is 0. The van der Waals surface area contributed by atoms with Crippen molar-refractivity contribution in [3.05, 3.63) is 12.2 Å². The summed E-state index contributed by atoms with van der Waals surface area (Å²) in [5.74, 6) is 1.64. The van der Waals surface area contributed by atoms with E-state index < -0.39 is 0 Å². The molecule has 1 aliphatic rings. The number of hydrogen-bond acceptors (Lipinski definition) is 4. The highest BCUT2D eigenvalue weighted by Gasteiger charge is 2.12. The third-order valence-electron chi connectivity index (χ3n) is 4.08. The maximum absolute atomic E-state index is 5.99. The van der Waals surface area contributed by atoms with Crippen molar-refractivity contribution in [2.75, 3.05) is 19.7 Å². The number of nitrogens with zero attached hydrogens (tertiary/aromatic N) is 4. The first-order valence-corrected chi connectivity index (χ1v) is 8.76. The Morgan fingerprint density at radius 2 is 2.04 bits per heavy atom. The first kappa shape index (κ1) is 21.1. The number of ether oxygens (including phenoxy) is 1. The molecule has 1 saturated carbocycles. The Bertz CT molecular complexity index is 471. The third-order valence-corrected chi connectivity index (χ3v) is 4.08. The molecule has 2 N–H and O–H groups in total. The predicted octanol–water partition coefficient (Wildman–Crippen LogP) is 2.23. The standard InChI is InChI=1S/C16H30N6O.HI/c1-3-17-16(19-12-15-20-13-21-22(15)2)18-10-11-23-14-8-6-4-5-7-9-14;/h13-14H,3-12H2,1-2H3,(H2,17,18,19);1H. The van der Waals surface area contributed by atoms with Gasteiger partial charge in [0.05, 0.1) is 12.7 Å². The number of aryl methyl sites for hydroxylation is 1. The summed E-state index contributed by atoms with van der Waals surface area (Å²) in [6.45, 7) is 4.88. The number of nitrogens with one attached hydrogen (secondary N) is 2. The van der Waals surface area contributed by atoms with Crippen molar-refractivity contribution in [2.24, 2.45) is 12.0 Å². The van der Waals surface area contributed by atoms with E-state index in [2.05, 4.69) is 32.6 Å². The first-order chi connectivity index (χ1) is 11.3. The van der Waals surface area contributed by atoms with Gasteiger partial charge in [-0.15, -0.1) is 24.0 Å². The van der Waals surface area contributed by atoms with Gasteiger partial charge >= 0.3 is 0 Å². The molecule has 0 unspecified atom stereocenters. The summed E-state index contributed by atoms with van der Waals surface area (Å²) in [6, 6.07) is 0. The van der Waals surface area contributed by atoms with Gasteiger partial charge < -0.3 is 15.4 Å². The number of halogens is 1. The Morgan fingerprint density at radius 1 is 1.29 bits per heavy atom. The molecule has 0 atom stereocenters. The van der Waals surface area contributed by atoms with E-state index in [1.807, 2.05) is 7.05 Å². The lowest BCUT2D eigenvalue weighted by atomic mass is 10.1. The zero-order valence-electron chi connectivity index (χ0n) is 14.8. The van der Waals surface area contributed by atoms with Gasteiger partial charge in [0.15, 0.2) is 5.96 Å². The van der Waals surface area contributed by atoms with E-state index in [9.17, 15) is 0 Å². The highest BCUT2D eigenvalue weighted by atomic mass is 127. The van der Waals surface area contributed by atoms with Crippen LogP contribution < -0.4 is 10.6 Å². The van der Waals surface area contributed by atoms with Crippen LogP contribution in [0.15, 0.2) is 11.3 Å². The lowest BCUT2D eigenvalue weighted by Gasteiger charge is -2.16.